The van der Waals surface area contributed by atoms with E-state index in [1.807, 2.05) is 19.1 Å². The van der Waals surface area contributed by atoms with Crippen molar-refractivity contribution >= 4 is 46.4 Å². The zero-order valence-corrected chi connectivity index (χ0v) is 12.1. The first kappa shape index (κ1) is 14.1. The molecule has 0 aliphatic carbocycles. The van der Waals surface area contributed by atoms with Gasteiger partial charge in [0.2, 0.25) is 0 Å². The number of hydrogen-bond donors (Lipinski definition) is 1. The molecule has 3 nitrogen and oxygen atoms in total. The van der Waals surface area contributed by atoms with Gasteiger partial charge in [0, 0.05) is 6.20 Å². The standard InChI is InChI=1S/C13H9Cl3N2O/c1-7-3-2-4-9(14)11(7)18-13(19)8-5-10(15)12(16)17-6-8/h2-6H,1H3,(H,18,19). The highest BCUT2D eigenvalue weighted by molar-refractivity contribution is 6.41. The molecule has 98 valence electrons. The van der Waals surface area contributed by atoms with Crippen LogP contribution in [0.2, 0.25) is 15.2 Å². The van der Waals surface area contributed by atoms with Gasteiger partial charge in [0.25, 0.3) is 5.91 Å². The molecule has 0 spiro atoms. The molecule has 0 bridgehead atoms. The molecule has 0 aliphatic rings. The number of aryl methyl sites for hydroxylation is 1. The summed E-state index contributed by atoms with van der Waals surface area (Å²) in [5, 5.41) is 3.59. The fourth-order valence-electron chi connectivity index (χ4n) is 1.52. The third-order valence-electron chi connectivity index (χ3n) is 2.52. The first-order valence-electron chi connectivity index (χ1n) is 5.36. The van der Waals surface area contributed by atoms with Crippen LogP contribution in [0.5, 0.6) is 0 Å². The van der Waals surface area contributed by atoms with Crippen LogP contribution in [0, 0.1) is 6.92 Å². The average Bonchev–Trinajstić information content (AvgIpc) is 2.37. The molecule has 2 aromatic rings. The number of halogens is 3. The summed E-state index contributed by atoms with van der Waals surface area (Å²) in [5.74, 6) is -0.345. The van der Waals surface area contributed by atoms with Crippen molar-refractivity contribution in [2.75, 3.05) is 5.32 Å². The molecule has 0 saturated heterocycles. The van der Waals surface area contributed by atoms with Crippen LogP contribution in [0.4, 0.5) is 5.69 Å². The molecular formula is C13H9Cl3N2O. The van der Waals surface area contributed by atoms with Crippen molar-refractivity contribution in [1.82, 2.24) is 4.98 Å². The second-order valence-electron chi connectivity index (χ2n) is 3.88. The van der Waals surface area contributed by atoms with Crippen LogP contribution in [0.1, 0.15) is 15.9 Å². The molecule has 0 unspecified atom stereocenters. The Bertz CT molecular complexity index is 624. The van der Waals surface area contributed by atoms with Crippen molar-refractivity contribution in [3.63, 3.8) is 0 Å². The van der Waals surface area contributed by atoms with Crippen LogP contribution >= 0.6 is 34.8 Å². The molecule has 6 heteroatoms. The van der Waals surface area contributed by atoms with Crippen molar-refractivity contribution in [2.45, 2.75) is 6.92 Å². The molecule has 2 rings (SSSR count). The Balaban J connectivity index is 2.28. The van der Waals surface area contributed by atoms with E-state index in [0.29, 0.717) is 16.3 Å². The number of nitrogens with zero attached hydrogens (tertiary/aromatic N) is 1. The van der Waals surface area contributed by atoms with Gasteiger partial charge in [0.05, 0.1) is 21.3 Å². The van der Waals surface area contributed by atoms with Crippen molar-refractivity contribution < 1.29 is 4.79 Å². The second kappa shape index (κ2) is 5.78. The zero-order valence-electron chi connectivity index (χ0n) is 9.88. The highest BCUT2D eigenvalue weighted by Gasteiger charge is 2.12. The molecule has 0 saturated carbocycles. The first-order valence-corrected chi connectivity index (χ1v) is 6.50. The van der Waals surface area contributed by atoms with Crippen LogP contribution in [0.25, 0.3) is 0 Å². The van der Waals surface area contributed by atoms with Gasteiger partial charge in [-0.1, -0.05) is 46.9 Å². The van der Waals surface area contributed by atoms with E-state index in [9.17, 15) is 4.79 Å². The molecule has 19 heavy (non-hydrogen) atoms. The van der Waals surface area contributed by atoms with E-state index in [1.54, 1.807) is 6.07 Å². The lowest BCUT2D eigenvalue weighted by molar-refractivity contribution is 0.102. The number of carbonyl (C=O) groups is 1. The molecule has 1 heterocycles. The minimum absolute atomic E-state index is 0.159. The van der Waals surface area contributed by atoms with Crippen molar-refractivity contribution in [3.8, 4) is 0 Å². The number of hydrogen-bond acceptors (Lipinski definition) is 2. The maximum atomic E-state index is 12.1. The molecule has 0 atom stereocenters. The van der Waals surface area contributed by atoms with Crippen LogP contribution < -0.4 is 5.32 Å². The Morgan fingerprint density at radius 2 is 1.95 bits per heavy atom. The molecule has 1 aromatic carbocycles. The van der Waals surface area contributed by atoms with Gasteiger partial charge in [0.1, 0.15) is 5.15 Å². The highest BCUT2D eigenvalue weighted by Crippen LogP contribution is 2.26. The fraction of sp³-hybridized carbons (Fsp3) is 0.0769. The summed E-state index contributed by atoms with van der Waals surface area (Å²) >= 11 is 17.6. The molecule has 0 radical (unpaired) electrons. The van der Waals surface area contributed by atoms with Gasteiger partial charge in [-0.15, -0.1) is 0 Å². The minimum Gasteiger partial charge on any atom is -0.320 e. The van der Waals surface area contributed by atoms with Gasteiger partial charge in [-0.3, -0.25) is 4.79 Å². The lowest BCUT2D eigenvalue weighted by atomic mass is 10.2. The summed E-state index contributed by atoms with van der Waals surface area (Å²) in [6.45, 7) is 1.86. The van der Waals surface area contributed by atoms with Crippen LogP contribution in [0.3, 0.4) is 0 Å². The van der Waals surface area contributed by atoms with Gasteiger partial charge < -0.3 is 5.32 Å². The predicted octanol–water partition coefficient (Wildman–Crippen LogP) is 4.60. The number of amides is 1. The number of nitrogens with one attached hydrogen (secondary N) is 1. The fourth-order valence-corrected chi connectivity index (χ4v) is 2.06. The van der Waals surface area contributed by atoms with Crippen LogP contribution in [-0.4, -0.2) is 10.9 Å². The summed E-state index contributed by atoms with van der Waals surface area (Å²) in [7, 11) is 0. The van der Waals surface area contributed by atoms with E-state index in [2.05, 4.69) is 10.3 Å². The van der Waals surface area contributed by atoms with Crippen molar-refractivity contribution in [3.05, 3.63) is 56.8 Å². The van der Waals surface area contributed by atoms with E-state index in [0.717, 1.165) is 5.56 Å². The van der Waals surface area contributed by atoms with E-state index < -0.39 is 0 Å². The summed E-state index contributed by atoms with van der Waals surface area (Å²) < 4.78 is 0. The molecule has 1 N–H and O–H groups in total. The third kappa shape index (κ3) is 3.18. The average molecular weight is 316 g/mol. The van der Waals surface area contributed by atoms with E-state index >= 15 is 0 Å². The van der Waals surface area contributed by atoms with E-state index in [1.165, 1.54) is 12.3 Å². The van der Waals surface area contributed by atoms with Crippen LogP contribution in [-0.2, 0) is 0 Å². The molecule has 0 fully saturated rings. The highest BCUT2D eigenvalue weighted by atomic mass is 35.5. The normalized spacial score (nSPS) is 10.3. The Morgan fingerprint density at radius 1 is 1.21 bits per heavy atom. The first-order chi connectivity index (χ1) is 8.99. The summed E-state index contributed by atoms with van der Waals surface area (Å²) in [5.41, 5.74) is 1.75. The lowest BCUT2D eigenvalue weighted by Crippen LogP contribution is -2.13. The Kier molecular flexibility index (Phi) is 4.30. The molecule has 1 aromatic heterocycles. The topological polar surface area (TPSA) is 42.0 Å². The number of para-hydroxylation sites is 1. The van der Waals surface area contributed by atoms with Gasteiger partial charge >= 0.3 is 0 Å². The summed E-state index contributed by atoms with van der Waals surface area (Å²) in [6.07, 6.45) is 1.36. The maximum Gasteiger partial charge on any atom is 0.257 e. The molecule has 1 amide bonds. The number of anilines is 1. The second-order valence-corrected chi connectivity index (χ2v) is 5.05. The van der Waals surface area contributed by atoms with Gasteiger partial charge in [-0.25, -0.2) is 4.98 Å². The molecular weight excluding hydrogens is 307 g/mol. The Morgan fingerprint density at radius 3 is 2.58 bits per heavy atom. The number of carbonyl (C=O) groups excluding carboxylic acids is 1. The monoisotopic (exact) mass is 314 g/mol. The number of rotatable bonds is 2. The van der Waals surface area contributed by atoms with Crippen molar-refractivity contribution in [2.24, 2.45) is 0 Å². The Labute approximate surface area is 125 Å². The summed E-state index contributed by atoms with van der Waals surface area (Å²) in [4.78, 5) is 15.9. The Hall–Kier alpha value is -1.29. The van der Waals surface area contributed by atoms with E-state index in [4.69, 9.17) is 34.8 Å². The van der Waals surface area contributed by atoms with Gasteiger partial charge in [0.15, 0.2) is 0 Å². The number of benzene rings is 1. The smallest absolute Gasteiger partial charge is 0.257 e. The van der Waals surface area contributed by atoms with Crippen molar-refractivity contribution in [1.29, 1.82) is 0 Å². The van der Waals surface area contributed by atoms with Crippen LogP contribution in [0.15, 0.2) is 30.5 Å². The van der Waals surface area contributed by atoms with Gasteiger partial charge in [-0.2, -0.15) is 0 Å². The minimum atomic E-state index is -0.345. The maximum absolute atomic E-state index is 12.1. The molecule has 0 aliphatic heterocycles. The zero-order chi connectivity index (χ0) is 14.0. The lowest BCUT2D eigenvalue weighted by Gasteiger charge is -2.10. The SMILES string of the molecule is Cc1cccc(Cl)c1NC(=O)c1cnc(Cl)c(Cl)c1. The summed E-state index contributed by atoms with van der Waals surface area (Å²) in [6, 6.07) is 6.83. The quantitative estimate of drug-likeness (QED) is 0.823. The third-order valence-corrected chi connectivity index (χ3v) is 3.52. The number of aromatic nitrogens is 1. The largest absolute Gasteiger partial charge is 0.320 e. The number of pyridine rings is 1. The predicted molar refractivity (Wildman–Crippen MR) is 78.4 cm³/mol. The van der Waals surface area contributed by atoms with Gasteiger partial charge in [-0.05, 0) is 24.6 Å². The van der Waals surface area contributed by atoms with E-state index in [-0.39, 0.29) is 16.1 Å².